The second kappa shape index (κ2) is 6.90. The molecule has 0 aromatic heterocycles. The lowest BCUT2D eigenvalue weighted by Crippen LogP contribution is -2.31. The largest absolute Gasteiger partial charge is 0.392 e. The monoisotopic (exact) mass is 291 g/mol. The van der Waals surface area contributed by atoms with Gasteiger partial charge in [-0.2, -0.15) is 13.2 Å². The molecule has 3 nitrogen and oxygen atoms in total. The van der Waals surface area contributed by atoms with Crippen molar-refractivity contribution in [2.45, 2.75) is 45.7 Å². The number of carbonyl (C=O) groups is 2. The van der Waals surface area contributed by atoms with Crippen LogP contribution in [0.15, 0.2) is 12.2 Å². The summed E-state index contributed by atoms with van der Waals surface area (Å²) in [6, 6.07) is 0. The molecule has 1 heterocycles. The number of unbranched alkanes of at least 4 members (excludes halogenated alkanes) is 2. The van der Waals surface area contributed by atoms with Crippen LogP contribution in [-0.2, 0) is 9.59 Å². The molecule has 0 aromatic rings. The summed E-state index contributed by atoms with van der Waals surface area (Å²) in [5, 5.41) is 0. The third-order valence-corrected chi connectivity index (χ3v) is 3.52. The van der Waals surface area contributed by atoms with Gasteiger partial charge in [-0.05, 0) is 18.8 Å². The van der Waals surface area contributed by atoms with Gasteiger partial charge < -0.3 is 0 Å². The predicted molar refractivity (Wildman–Crippen MR) is 68.7 cm³/mol. The van der Waals surface area contributed by atoms with Gasteiger partial charge in [0.15, 0.2) is 0 Å². The Kier molecular flexibility index (Phi) is 5.77. The van der Waals surface area contributed by atoms with Crippen molar-refractivity contribution in [1.82, 2.24) is 4.90 Å². The summed E-state index contributed by atoms with van der Waals surface area (Å²) in [5.74, 6) is -2.39. The maximum atomic E-state index is 12.7. The highest BCUT2D eigenvalue weighted by molar-refractivity contribution is 6.12. The molecule has 0 aromatic carbocycles. The lowest BCUT2D eigenvalue weighted by atomic mass is 9.90. The second-order valence-corrected chi connectivity index (χ2v) is 5.40. The van der Waals surface area contributed by atoms with Gasteiger partial charge in [-0.1, -0.05) is 26.7 Å². The van der Waals surface area contributed by atoms with E-state index >= 15 is 0 Å². The Morgan fingerprint density at radius 1 is 1.05 bits per heavy atom. The molecule has 20 heavy (non-hydrogen) atoms. The normalized spacial score (nSPS) is 17.4. The molecule has 0 N–H and O–H groups in total. The zero-order valence-electron chi connectivity index (χ0n) is 11.7. The number of imide groups is 1. The average Bonchev–Trinajstić information content (AvgIpc) is 2.62. The summed E-state index contributed by atoms with van der Waals surface area (Å²) in [4.78, 5) is 23.6. The molecule has 0 radical (unpaired) electrons. The van der Waals surface area contributed by atoms with Crippen molar-refractivity contribution in [3.63, 3.8) is 0 Å². The molecule has 1 rings (SSSR count). The number of alkyl halides is 3. The number of hydrogen-bond acceptors (Lipinski definition) is 2. The Morgan fingerprint density at radius 3 is 2.05 bits per heavy atom. The number of halogens is 3. The topological polar surface area (TPSA) is 37.4 Å². The fourth-order valence-corrected chi connectivity index (χ4v) is 2.34. The van der Waals surface area contributed by atoms with Crippen molar-refractivity contribution in [3.8, 4) is 0 Å². The van der Waals surface area contributed by atoms with E-state index < -0.39 is 18.0 Å². The summed E-state index contributed by atoms with van der Waals surface area (Å²) >= 11 is 0. The second-order valence-electron chi connectivity index (χ2n) is 5.40. The summed E-state index contributed by atoms with van der Waals surface area (Å²) in [6.45, 7) is 3.43. The summed E-state index contributed by atoms with van der Waals surface area (Å²) in [5.41, 5.74) is 0. The Morgan fingerprint density at radius 2 is 1.60 bits per heavy atom. The SMILES string of the molecule is CC(C)C(CCCCCN1C(=O)C=CC1=O)C(F)(F)F. The summed E-state index contributed by atoms with van der Waals surface area (Å²) in [6.07, 6.45) is -0.0635. The fraction of sp³-hybridized carbons (Fsp3) is 0.714. The quantitative estimate of drug-likeness (QED) is 0.533. The van der Waals surface area contributed by atoms with Crippen LogP contribution >= 0.6 is 0 Å². The van der Waals surface area contributed by atoms with Gasteiger partial charge in [0.2, 0.25) is 0 Å². The Bertz CT molecular complexity index is 370. The van der Waals surface area contributed by atoms with Crippen molar-refractivity contribution in [3.05, 3.63) is 12.2 Å². The molecule has 1 aliphatic rings. The molecule has 0 fully saturated rings. The van der Waals surface area contributed by atoms with E-state index in [0.717, 1.165) is 4.90 Å². The number of nitrogens with zero attached hydrogens (tertiary/aromatic N) is 1. The van der Waals surface area contributed by atoms with E-state index in [9.17, 15) is 22.8 Å². The molecule has 0 saturated carbocycles. The van der Waals surface area contributed by atoms with Crippen LogP contribution in [0.5, 0.6) is 0 Å². The van der Waals surface area contributed by atoms with E-state index in [1.165, 1.54) is 12.2 Å². The molecule has 0 aliphatic carbocycles. The minimum Gasteiger partial charge on any atom is -0.275 e. The first-order chi connectivity index (χ1) is 9.23. The van der Waals surface area contributed by atoms with Crippen LogP contribution in [0.3, 0.4) is 0 Å². The molecule has 1 unspecified atom stereocenters. The highest BCUT2D eigenvalue weighted by Gasteiger charge is 2.40. The van der Waals surface area contributed by atoms with E-state index in [4.69, 9.17) is 0 Å². The number of carbonyl (C=O) groups excluding carboxylic acids is 2. The molecule has 0 saturated heterocycles. The van der Waals surface area contributed by atoms with Gasteiger partial charge in [-0.25, -0.2) is 0 Å². The molecule has 1 atom stereocenters. The molecule has 1 aliphatic heterocycles. The standard InChI is InChI=1S/C14H20F3NO2/c1-10(2)11(14(15,16)17)6-4-3-5-9-18-12(19)7-8-13(18)20/h7-8,10-11H,3-6,9H2,1-2H3. The minimum absolute atomic E-state index is 0.0985. The van der Waals surface area contributed by atoms with Crippen LogP contribution in [0.25, 0.3) is 0 Å². The lowest BCUT2D eigenvalue weighted by molar-refractivity contribution is -0.187. The van der Waals surface area contributed by atoms with E-state index in [2.05, 4.69) is 0 Å². The fourth-order valence-electron chi connectivity index (χ4n) is 2.34. The van der Waals surface area contributed by atoms with Gasteiger partial charge in [0, 0.05) is 18.7 Å². The van der Waals surface area contributed by atoms with Gasteiger partial charge in [-0.3, -0.25) is 14.5 Å². The minimum atomic E-state index is -4.15. The lowest BCUT2D eigenvalue weighted by Gasteiger charge is -2.23. The van der Waals surface area contributed by atoms with Crippen molar-refractivity contribution < 1.29 is 22.8 Å². The molecule has 0 spiro atoms. The van der Waals surface area contributed by atoms with Crippen LogP contribution in [0.2, 0.25) is 0 Å². The number of rotatable bonds is 7. The van der Waals surface area contributed by atoms with Crippen molar-refractivity contribution >= 4 is 11.8 Å². The van der Waals surface area contributed by atoms with Crippen molar-refractivity contribution in [1.29, 1.82) is 0 Å². The Labute approximate surface area is 116 Å². The van der Waals surface area contributed by atoms with Gasteiger partial charge in [0.1, 0.15) is 0 Å². The molecule has 2 amide bonds. The van der Waals surface area contributed by atoms with Crippen molar-refractivity contribution in [2.24, 2.45) is 11.8 Å². The zero-order valence-corrected chi connectivity index (χ0v) is 11.7. The van der Waals surface area contributed by atoms with Crippen LogP contribution in [0.1, 0.15) is 39.5 Å². The van der Waals surface area contributed by atoms with Crippen LogP contribution < -0.4 is 0 Å². The molecule has 114 valence electrons. The summed E-state index contributed by atoms with van der Waals surface area (Å²) < 4.78 is 38.2. The van der Waals surface area contributed by atoms with Gasteiger partial charge in [-0.15, -0.1) is 0 Å². The first kappa shape index (κ1) is 16.7. The van der Waals surface area contributed by atoms with E-state index in [1.807, 2.05) is 0 Å². The zero-order chi connectivity index (χ0) is 15.3. The predicted octanol–water partition coefficient (Wildman–Crippen LogP) is 3.31. The van der Waals surface area contributed by atoms with E-state index in [-0.39, 0.29) is 24.8 Å². The summed E-state index contributed by atoms with van der Waals surface area (Å²) in [7, 11) is 0. The Hall–Kier alpha value is -1.33. The molecule has 6 heteroatoms. The Balaban J connectivity index is 2.25. The average molecular weight is 291 g/mol. The number of amides is 2. The van der Waals surface area contributed by atoms with Crippen molar-refractivity contribution in [2.75, 3.05) is 6.54 Å². The third kappa shape index (κ3) is 4.65. The molecular weight excluding hydrogens is 271 g/mol. The van der Waals surface area contributed by atoms with Gasteiger partial charge in [0.05, 0.1) is 5.92 Å². The van der Waals surface area contributed by atoms with E-state index in [1.54, 1.807) is 13.8 Å². The highest BCUT2D eigenvalue weighted by Crippen LogP contribution is 2.35. The first-order valence-corrected chi connectivity index (χ1v) is 6.83. The van der Waals surface area contributed by atoms with E-state index in [0.29, 0.717) is 19.3 Å². The maximum absolute atomic E-state index is 12.7. The van der Waals surface area contributed by atoms with Gasteiger partial charge in [0.25, 0.3) is 11.8 Å². The number of hydrogen-bond donors (Lipinski definition) is 0. The van der Waals surface area contributed by atoms with Crippen LogP contribution in [0, 0.1) is 11.8 Å². The third-order valence-electron chi connectivity index (χ3n) is 3.52. The molecule has 0 bridgehead atoms. The van der Waals surface area contributed by atoms with Crippen LogP contribution in [-0.4, -0.2) is 29.4 Å². The van der Waals surface area contributed by atoms with Gasteiger partial charge >= 0.3 is 6.18 Å². The first-order valence-electron chi connectivity index (χ1n) is 6.83. The highest BCUT2D eigenvalue weighted by atomic mass is 19.4. The smallest absolute Gasteiger partial charge is 0.275 e. The maximum Gasteiger partial charge on any atom is 0.392 e. The van der Waals surface area contributed by atoms with Crippen LogP contribution in [0.4, 0.5) is 13.2 Å². The molecular formula is C14H20F3NO2.